The van der Waals surface area contributed by atoms with E-state index in [1.807, 2.05) is 52.2 Å². The van der Waals surface area contributed by atoms with E-state index in [9.17, 15) is 4.79 Å². The molecule has 3 rings (SSSR count). The fourth-order valence-electron chi connectivity index (χ4n) is 3.62. The van der Waals surface area contributed by atoms with Gasteiger partial charge in [0.25, 0.3) is 0 Å². The van der Waals surface area contributed by atoms with Gasteiger partial charge in [-0.2, -0.15) is 0 Å². The number of carbonyl (C=O) groups is 1. The van der Waals surface area contributed by atoms with Crippen LogP contribution < -0.4 is 20.6 Å². The maximum absolute atomic E-state index is 12.6. The first-order valence-electron chi connectivity index (χ1n) is 10.1. The fraction of sp³-hybridized carbons (Fsp3) is 0.391. The zero-order valence-corrected chi connectivity index (χ0v) is 20.2. The van der Waals surface area contributed by atoms with Crippen molar-refractivity contribution in [3.8, 4) is 10.6 Å². The second kappa shape index (κ2) is 9.64. The van der Waals surface area contributed by atoms with Crippen LogP contribution in [0.3, 0.4) is 0 Å². The predicted molar refractivity (Wildman–Crippen MR) is 133 cm³/mol. The number of urea groups is 1. The highest BCUT2D eigenvalue weighted by Crippen LogP contribution is 2.31. The van der Waals surface area contributed by atoms with Crippen molar-refractivity contribution in [1.82, 2.24) is 14.9 Å². The monoisotopic (exact) mass is 454 g/mol. The number of nitrogens with zero attached hydrogens (tertiary/aromatic N) is 3. The Bertz CT molecular complexity index is 1190. The molecular formula is C23H28N5OS2+. The SMILES string of the molecule is CC(CN=C=S)CC(C)(C)NC(=O)Nc1ccc2nc3ccc(=[N+](C)C)cc-3sc2c1. The predicted octanol–water partition coefficient (Wildman–Crippen LogP) is 4.46. The largest absolute Gasteiger partial charge is 0.333 e. The van der Waals surface area contributed by atoms with Crippen LogP contribution in [0.2, 0.25) is 0 Å². The van der Waals surface area contributed by atoms with Crippen molar-refractivity contribution >= 4 is 50.7 Å². The molecule has 1 aromatic rings. The van der Waals surface area contributed by atoms with E-state index in [1.165, 1.54) is 0 Å². The molecule has 2 amide bonds. The summed E-state index contributed by atoms with van der Waals surface area (Å²) in [6.07, 6.45) is 0.783. The standard InChI is InChI=1S/C23H27N5OS2/c1-15(13-24-14-30)12-23(2,3)27-22(29)25-16-6-8-18-20(10-16)31-21-11-17(28(4)5)7-9-19(21)26-18/h6-11,15H,12-13H2,1-5H3,(H,27,29)/p+1. The van der Waals surface area contributed by atoms with Crippen molar-refractivity contribution in [3.05, 3.63) is 41.8 Å². The Balaban J connectivity index is 1.77. The number of nitrogens with one attached hydrogen (secondary N) is 2. The van der Waals surface area contributed by atoms with Crippen LogP contribution in [0.15, 0.2) is 41.4 Å². The van der Waals surface area contributed by atoms with Crippen LogP contribution in [0.4, 0.5) is 10.5 Å². The summed E-state index contributed by atoms with van der Waals surface area (Å²) in [4.78, 5) is 22.5. The number of thiocarbonyl (C=S) groups is 1. The van der Waals surface area contributed by atoms with E-state index in [-0.39, 0.29) is 11.6 Å². The van der Waals surface area contributed by atoms with Crippen molar-refractivity contribution in [2.75, 3.05) is 26.0 Å². The third kappa shape index (κ3) is 6.17. The van der Waals surface area contributed by atoms with Gasteiger partial charge >= 0.3 is 6.03 Å². The molecule has 0 aromatic heterocycles. The van der Waals surface area contributed by atoms with Crippen molar-refractivity contribution in [2.24, 2.45) is 10.9 Å². The van der Waals surface area contributed by atoms with Gasteiger partial charge < -0.3 is 10.6 Å². The van der Waals surface area contributed by atoms with Gasteiger partial charge in [0.1, 0.15) is 14.1 Å². The zero-order valence-electron chi connectivity index (χ0n) is 18.5. The molecule has 162 valence electrons. The molecule has 0 bridgehead atoms. The number of amides is 2. The Morgan fingerprint density at radius 2 is 2.06 bits per heavy atom. The number of benzene rings is 2. The molecule has 1 atom stereocenters. The third-order valence-electron chi connectivity index (χ3n) is 4.92. The molecule has 0 radical (unpaired) electrons. The van der Waals surface area contributed by atoms with Gasteiger partial charge in [-0.1, -0.05) is 6.92 Å². The van der Waals surface area contributed by atoms with Gasteiger partial charge in [-0.3, -0.25) is 0 Å². The molecule has 2 aliphatic rings. The first-order valence-corrected chi connectivity index (χ1v) is 11.4. The van der Waals surface area contributed by atoms with Gasteiger partial charge in [-0.25, -0.2) is 19.3 Å². The Morgan fingerprint density at radius 1 is 1.29 bits per heavy atom. The van der Waals surface area contributed by atoms with Gasteiger partial charge in [0, 0.05) is 23.4 Å². The average Bonchev–Trinajstić information content (AvgIpc) is 2.69. The minimum absolute atomic E-state index is 0.233. The Morgan fingerprint density at radius 3 is 2.77 bits per heavy atom. The molecule has 0 saturated heterocycles. The Kier molecular flexibility index (Phi) is 7.15. The van der Waals surface area contributed by atoms with Gasteiger partial charge in [0.15, 0.2) is 0 Å². The molecule has 0 spiro atoms. The van der Waals surface area contributed by atoms with Gasteiger partial charge in [-0.15, -0.1) is 11.3 Å². The Labute approximate surface area is 192 Å². The summed E-state index contributed by atoms with van der Waals surface area (Å²) in [6.45, 7) is 6.70. The van der Waals surface area contributed by atoms with E-state index in [4.69, 9.17) is 4.98 Å². The number of fused-ring (bicyclic) bond motifs is 2. The molecule has 2 N–H and O–H groups in total. The fourth-order valence-corrected chi connectivity index (χ4v) is 4.73. The van der Waals surface area contributed by atoms with Crippen molar-refractivity contribution in [1.29, 1.82) is 0 Å². The van der Waals surface area contributed by atoms with Crippen LogP contribution >= 0.6 is 23.6 Å². The van der Waals surface area contributed by atoms with Crippen LogP contribution in [-0.2, 0) is 0 Å². The lowest BCUT2D eigenvalue weighted by atomic mass is 9.92. The summed E-state index contributed by atoms with van der Waals surface area (Å²) in [5.74, 6) is 0.291. The number of aromatic nitrogens is 1. The summed E-state index contributed by atoms with van der Waals surface area (Å²) >= 11 is 6.30. The second-order valence-electron chi connectivity index (χ2n) is 8.65. The molecule has 8 heteroatoms. The summed E-state index contributed by atoms with van der Waals surface area (Å²) in [7, 11) is 4.04. The number of hydrogen-bond acceptors (Lipinski definition) is 5. The van der Waals surface area contributed by atoms with Crippen molar-refractivity contribution < 1.29 is 4.79 Å². The molecule has 31 heavy (non-hydrogen) atoms. The van der Waals surface area contributed by atoms with Crippen LogP contribution in [0.25, 0.3) is 20.8 Å². The lowest BCUT2D eigenvalue weighted by molar-refractivity contribution is 0.235. The van der Waals surface area contributed by atoms with E-state index in [0.717, 1.165) is 38.3 Å². The summed E-state index contributed by atoms with van der Waals surface area (Å²) in [5.41, 5.74) is 2.24. The van der Waals surface area contributed by atoms with Crippen molar-refractivity contribution in [2.45, 2.75) is 32.7 Å². The van der Waals surface area contributed by atoms with E-state index in [2.05, 4.69) is 56.6 Å². The highest BCUT2D eigenvalue weighted by atomic mass is 32.1. The Hall–Kier alpha value is -2.67. The number of carbonyl (C=O) groups excluding carboxylic acids is 1. The topological polar surface area (TPSA) is 69.4 Å². The van der Waals surface area contributed by atoms with Crippen LogP contribution in [0, 0.1) is 5.92 Å². The van der Waals surface area contributed by atoms with E-state index >= 15 is 0 Å². The van der Waals surface area contributed by atoms with Crippen LogP contribution in [0.5, 0.6) is 0 Å². The molecule has 1 aliphatic carbocycles. The van der Waals surface area contributed by atoms with E-state index in [0.29, 0.717) is 12.5 Å². The smallest absolute Gasteiger partial charge is 0.319 e. The number of isothiocyanates is 1. The first kappa shape index (κ1) is 23.0. The van der Waals surface area contributed by atoms with E-state index in [1.54, 1.807) is 11.3 Å². The minimum atomic E-state index is -0.375. The number of rotatable bonds is 6. The lowest BCUT2D eigenvalue weighted by Gasteiger charge is -2.28. The third-order valence-corrected chi connectivity index (χ3v) is 6.14. The molecule has 1 heterocycles. The maximum Gasteiger partial charge on any atom is 0.319 e. The highest BCUT2D eigenvalue weighted by Gasteiger charge is 2.23. The lowest BCUT2D eigenvalue weighted by Crippen LogP contribution is -2.46. The highest BCUT2D eigenvalue weighted by molar-refractivity contribution is 7.78. The molecule has 0 fully saturated rings. The second-order valence-corrected chi connectivity index (χ2v) is 9.91. The molecule has 1 aromatic carbocycles. The molecule has 6 nitrogen and oxygen atoms in total. The number of anilines is 1. The molecule has 0 saturated carbocycles. The van der Waals surface area contributed by atoms with Crippen LogP contribution in [-0.4, -0.2) is 42.4 Å². The summed E-state index contributed by atoms with van der Waals surface area (Å²) in [6, 6.07) is 11.8. The number of hydrogen-bond donors (Lipinski definition) is 2. The van der Waals surface area contributed by atoms with Gasteiger partial charge in [0.2, 0.25) is 5.36 Å². The van der Waals surface area contributed by atoms with Crippen molar-refractivity contribution in [3.63, 3.8) is 0 Å². The maximum atomic E-state index is 12.6. The molecular weight excluding hydrogens is 426 g/mol. The van der Waals surface area contributed by atoms with Gasteiger partial charge in [-0.05, 0) is 62.7 Å². The number of aliphatic imine (C=N–C) groups is 1. The van der Waals surface area contributed by atoms with E-state index < -0.39 is 0 Å². The first-order chi connectivity index (χ1) is 14.7. The normalized spacial score (nSPS) is 12.3. The quantitative estimate of drug-likeness (QED) is 0.250. The molecule has 1 aliphatic heterocycles. The van der Waals surface area contributed by atoms with Crippen LogP contribution in [0.1, 0.15) is 27.2 Å². The summed E-state index contributed by atoms with van der Waals surface area (Å²) in [5, 5.41) is 9.53. The van der Waals surface area contributed by atoms with Gasteiger partial charge in [0.05, 0.1) is 32.5 Å². The minimum Gasteiger partial charge on any atom is -0.333 e. The average molecular weight is 455 g/mol. The summed E-state index contributed by atoms with van der Waals surface area (Å²) < 4.78 is 3.09. The zero-order chi connectivity index (χ0) is 22.6. The molecule has 1 unspecified atom stereocenters.